The standard InChI is InChI=1S/C14H8Br2Cl2O3/c15-8-1-3-12(10(17)5-8)20-7-14(19)21-13-4-2-9(16)6-11(13)18/h1-6H,7H2. The van der Waals surface area contributed by atoms with E-state index in [0.717, 1.165) is 8.95 Å². The van der Waals surface area contributed by atoms with Crippen molar-refractivity contribution in [2.75, 3.05) is 6.61 Å². The molecule has 2 aromatic rings. The summed E-state index contributed by atoms with van der Waals surface area (Å²) in [5.41, 5.74) is 0. The lowest BCUT2D eigenvalue weighted by atomic mass is 10.3. The van der Waals surface area contributed by atoms with E-state index in [0.29, 0.717) is 15.8 Å². The summed E-state index contributed by atoms with van der Waals surface area (Å²) in [5, 5.41) is 0.734. The van der Waals surface area contributed by atoms with Crippen molar-refractivity contribution >= 4 is 61.0 Å². The third-order valence-electron chi connectivity index (χ3n) is 2.36. The normalized spacial score (nSPS) is 10.3. The maximum Gasteiger partial charge on any atom is 0.349 e. The van der Waals surface area contributed by atoms with Crippen LogP contribution in [0.5, 0.6) is 11.5 Å². The van der Waals surface area contributed by atoms with E-state index in [1.54, 1.807) is 36.4 Å². The predicted molar refractivity (Wildman–Crippen MR) is 89.4 cm³/mol. The molecule has 0 N–H and O–H groups in total. The van der Waals surface area contributed by atoms with Crippen LogP contribution in [0.15, 0.2) is 45.3 Å². The highest BCUT2D eigenvalue weighted by Crippen LogP contribution is 2.29. The molecule has 0 aliphatic carbocycles. The fourth-order valence-corrected chi connectivity index (χ4v) is 2.88. The van der Waals surface area contributed by atoms with Crippen LogP contribution in [0, 0.1) is 0 Å². The molecule has 0 spiro atoms. The van der Waals surface area contributed by atoms with Crippen LogP contribution in [0.1, 0.15) is 0 Å². The zero-order chi connectivity index (χ0) is 15.4. The summed E-state index contributed by atoms with van der Waals surface area (Å²) in [6.07, 6.45) is 0. The van der Waals surface area contributed by atoms with Crippen molar-refractivity contribution < 1.29 is 14.3 Å². The maximum absolute atomic E-state index is 11.7. The van der Waals surface area contributed by atoms with E-state index in [4.69, 9.17) is 32.7 Å². The molecule has 0 bridgehead atoms. The Morgan fingerprint density at radius 3 is 2.00 bits per heavy atom. The molecule has 0 aliphatic rings. The third-order valence-corrected chi connectivity index (χ3v) is 3.93. The van der Waals surface area contributed by atoms with Crippen molar-refractivity contribution in [3.05, 3.63) is 55.4 Å². The second-order valence-corrected chi connectivity index (χ2v) is 6.56. The van der Waals surface area contributed by atoms with Gasteiger partial charge in [0.1, 0.15) is 11.5 Å². The van der Waals surface area contributed by atoms with Gasteiger partial charge in [0.15, 0.2) is 6.61 Å². The monoisotopic (exact) mass is 452 g/mol. The molecule has 0 heterocycles. The topological polar surface area (TPSA) is 35.5 Å². The first-order valence-electron chi connectivity index (χ1n) is 5.69. The molecule has 7 heteroatoms. The van der Waals surface area contributed by atoms with E-state index in [2.05, 4.69) is 31.9 Å². The van der Waals surface area contributed by atoms with Crippen LogP contribution in [0.25, 0.3) is 0 Å². The first-order valence-corrected chi connectivity index (χ1v) is 8.03. The minimum Gasteiger partial charge on any atom is -0.480 e. The number of hydrogen-bond donors (Lipinski definition) is 0. The Kier molecular flexibility index (Phi) is 5.93. The van der Waals surface area contributed by atoms with Crippen molar-refractivity contribution in [2.24, 2.45) is 0 Å². The summed E-state index contributed by atoms with van der Waals surface area (Å²) in [4.78, 5) is 11.7. The maximum atomic E-state index is 11.7. The lowest BCUT2D eigenvalue weighted by molar-refractivity contribution is -0.136. The summed E-state index contributed by atoms with van der Waals surface area (Å²) in [6, 6.07) is 10.0. The zero-order valence-corrected chi connectivity index (χ0v) is 15.1. The fourth-order valence-electron chi connectivity index (χ4n) is 1.44. The molecule has 3 nitrogen and oxygen atoms in total. The van der Waals surface area contributed by atoms with Gasteiger partial charge in [-0.3, -0.25) is 0 Å². The minimum absolute atomic E-state index is 0.270. The Labute approximate surface area is 148 Å². The van der Waals surface area contributed by atoms with Crippen molar-refractivity contribution in [3.63, 3.8) is 0 Å². The average Bonchev–Trinajstić information content (AvgIpc) is 2.41. The van der Waals surface area contributed by atoms with Crippen molar-refractivity contribution in [2.45, 2.75) is 0 Å². The quantitative estimate of drug-likeness (QED) is 0.452. The van der Waals surface area contributed by atoms with E-state index in [1.807, 2.05) is 0 Å². The predicted octanol–water partition coefficient (Wildman–Crippen LogP) is 5.50. The average molecular weight is 455 g/mol. The summed E-state index contributed by atoms with van der Waals surface area (Å²) in [7, 11) is 0. The molecule has 0 amide bonds. The Balaban J connectivity index is 1.96. The SMILES string of the molecule is O=C(COc1ccc(Br)cc1Cl)Oc1ccc(Br)cc1Cl. The molecular formula is C14H8Br2Cl2O3. The van der Waals surface area contributed by atoms with Gasteiger partial charge in [0, 0.05) is 8.95 Å². The van der Waals surface area contributed by atoms with Gasteiger partial charge in [-0.1, -0.05) is 55.1 Å². The van der Waals surface area contributed by atoms with Gasteiger partial charge in [-0.2, -0.15) is 0 Å². The molecule has 0 fully saturated rings. The molecule has 0 aromatic heterocycles. The molecule has 0 unspecified atom stereocenters. The van der Waals surface area contributed by atoms with Crippen LogP contribution in [0.4, 0.5) is 0 Å². The summed E-state index contributed by atoms with van der Waals surface area (Å²) in [5.74, 6) is 0.104. The van der Waals surface area contributed by atoms with Crippen LogP contribution < -0.4 is 9.47 Å². The van der Waals surface area contributed by atoms with Crippen molar-refractivity contribution in [1.29, 1.82) is 0 Å². The van der Waals surface area contributed by atoms with Gasteiger partial charge < -0.3 is 9.47 Å². The van der Waals surface area contributed by atoms with Crippen LogP contribution >= 0.6 is 55.1 Å². The number of carbonyl (C=O) groups is 1. The Morgan fingerprint density at radius 2 is 1.48 bits per heavy atom. The van der Waals surface area contributed by atoms with Crippen LogP contribution in [-0.4, -0.2) is 12.6 Å². The Bertz CT molecular complexity index is 677. The van der Waals surface area contributed by atoms with Crippen molar-refractivity contribution in [3.8, 4) is 11.5 Å². The van der Waals surface area contributed by atoms with E-state index in [1.165, 1.54) is 0 Å². The van der Waals surface area contributed by atoms with Gasteiger partial charge in [0.25, 0.3) is 0 Å². The molecule has 0 atom stereocenters. The Hall–Kier alpha value is -0.750. The zero-order valence-electron chi connectivity index (χ0n) is 10.4. The molecule has 0 saturated carbocycles. The molecule has 0 radical (unpaired) electrons. The van der Waals surface area contributed by atoms with Gasteiger partial charge in [-0.15, -0.1) is 0 Å². The molecule has 21 heavy (non-hydrogen) atoms. The van der Waals surface area contributed by atoms with E-state index >= 15 is 0 Å². The number of esters is 1. The number of carbonyl (C=O) groups excluding carboxylic acids is 1. The third kappa shape index (κ3) is 4.88. The molecule has 0 saturated heterocycles. The highest BCUT2D eigenvalue weighted by Gasteiger charge is 2.11. The first kappa shape index (κ1) is 16.6. The van der Waals surface area contributed by atoms with Crippen molar-refractivity contribution in [1.82, 2.24) is 0 Å². The highest BCUT2D eigenvalue weighted by atomic mass is 79.9. The van der Waals surface area contributed by atoms with Gasteiger partial charge >= 0.3 is 5.97 Å². The van der Waals surface area contributed by atoms with E-state index in [9.17, 15) is 4.79 Å². The lowest BCUT2D eigenvalue weighted by Gasteiger charge is -2.09. The fraction of sp³-hybridized carbons (Fsp3) is 0.0714. The molecular weight excluding hydrogens is 447 g/mol. The molecule has 2 rings (SSSR count). The van der Waals surface area contributed by atoms with Crippen LogP contribution in [0.3, 0.4) is 0 Å². The number of rotatable bonds is 4. The summed E-state index contributed by atoms with van der Waals surface area (Å²) in [6.45, 7) is -0.270. The second kappa shape index (κ2) is 7.49. The number of halogens is 4. The van der Waals surface area contributed by atoms with Crippen LogP contribution in [0.2, 0.25) is 10.0 Å². The minimum atomic E-state index is -0.571. The number of benzene rings is 2. The number of ether oxygens (including phenoxy) is 2. The van der Waals surface area contributed by atoms with Gasteiger partial charge in [0.05, 0.1) is 10.0 Å². The second-order valence-electron chi connectivity index (χ2n) is 3.91. The molecule has 0 aliphatic heterocycles. The largest absolute Gasteiger partial charge is 0.480 e. The summed E-state index contributed by atoms with van der Waals surface area (Å²) < 4.78 is 12.0. The van der Waals surface area contributed by atoms with E-state index < -0.39 is 5.97 Å². The molecule has 110 valence electrons. The molecule has 2 aromatic carbocycles. The van der Waals surface area contributed by atoms with Gasteiger partial charge in [-0.25, -0.2) is 4.79 Å². The smallest absolute Gasteiger partial charge is 0.349 e. The van der Waals surface area contributed by atoms with Gasteiger partial charge in [0.2, 0.25) is 0 Å². The van der Waals surface area contributed by atoms with Crippen LogP contribution in [-0.2, 0) is 4.79 Å². The first-order chi connectivity index (χ1) is 9.95. The Morgan fingerprint density at radius 1 is 0.952 bits per heavy atom. The summed E-state index contributed by atoms with van der Waals surface area (Å²) >= 11 is 18.5. The highest BCUT2D eigenvalue weighted by molar-refractivity contribution is 9.10. The lowest BCUT2D eigenvalue weighted by Crippen LogP contribution is -2.18. The number of hydrogen-bond acceptors (Lipinski definition) is 3. The van der Waals surface area contributed by atoms with E-state index in [-0.39, 0.29) is 12.4 Å². The van der Waals surface area contributed by atoms with Gasteiger partial charge in [-0.05, 0) is 36.4 Å².